The highest BCUT2D eigenvalue weighted by atomic mass is 32.2. The topological polar surface area (TPSA) is 63.7 Å². The van der Waals surface area contributed by atoms with Gasteiger partial charge in [-0.3, -0.25) is 9.69 Å². The van der Waals surface area contributed by atoms with Crippen LogP contribution >= 0.6 is 0 Å². The quantitative estimate of drug-likeness (QED) is 0.499. The first-order chi connectivity index (χ1) is 13.3. The Hall–Kier alpha value is -1.61. The largest absolute Gasteiger partial charge is 0.534 e. The molecule has 2 aliphatic carbocycles. The summed E-state index contributed by atoms with van der Waals surface area (Å²) < 4.78 is 64.9. The van der Waals surface area contributed by atoms with Gasteiger partial charge in [0.25, 0.3) is 0 Å². The molecule has 0 heterocycles. The zero-order valence-electron chi connectivity index (χ0n) is 16.9. The molecule has 1 fully saturated rings. The Labute approximate surface area is 169 Å². The molecule has 0 N–H and O–H groups in total. The van der Waals surface area contributed by atoms with Crippen LogP contribution in [0.2, 0.25) is 0 Å². The summed E-state index contributed by atoms with van der Waals surface area (Å²) in [7, 11) is -5.77. The summed E-state index contributed by atoms with van der Waals surface area (Å²) in [4.78, 5) is 15.5. The Morgan fingerprint density at radius 3 is 2.38 bits per heavy atom. The molecule has 0 spiro atoms. The lowest BCUT2D eigenvalue weighted by atomic mass is 9.63. The second kappa shape index (κ2) is 7.27. The van der Waals surface area contributed by atoms with Crippen molar-refractivity contribution in [2.75, 3.05) is 13.1 Å². The molecule has 0 bridgehead atoms. The molecule has 1 aromatic rings. The molecule has 0 aromatic heterocycles. The Kier molecular flexibility index (Phi) is 5.53. The summed E-state index contributed by atoms with van der Waals surface area (Å²) in [6.07, 6.45) is 2.33. The lowest BCUT2D eigenvalue weighted by molar-refractivity contribution is -0.0500. The number of carbonyl (C=O) groups is 1. The molecule has 3 rings (SSSR count). The highest BCUT2D eigenvalue weighted by Crippen LogP contribution is 2.45. The minimum absolute atomic E-state index is 0.0837. The van der Waals surface area contributed by atoms with Crippen molar-refractivity contribution in [3.05, 3.63) is 29.3 Å². The van der Waals surface area contributed by atoms with Crippen LogP contribution in [-0.2, 0) is 15.5 Å². The number of Topliss-reactive ketones (excluding diaryl/α,β-unsaturated/α-hetero) is 1. The minimum atomic E-state index is -5.77. The van der Waals surface area contributed by atoms with Gasteiger partial charge in [0.15, 0.2) is 5.78 Å². The van der Waals surface area contributed by atoms with Gasteiger partial charge in [0.05, 0.1) is 6.04 Å². The standard InChI is InChI=1S/C20H26F3NO4S/c1-5-24(11-13-6-7-13)17-12(2)19(3,4)16-10-14(8-9-15(16)18(17)25)28-29(26,27)20(21,22)23/h8-10,12-13,17H,5-7,11H2,1-4H3/t12-,17?/m0/s1. The molecule has 2 atom stereocenters. The van der Waals surface area contributed by atoms with E-state index in [4.69, 9.17) is 0 Å². The SMILES string of the molecule is CCN(CC1CC1)C1C(=O)c2ccc(OS(=O)(=O)C(F)(F)F)cc2C(C)(C)[C@H]1C. The van der Waals surface area contributed by atoms with Gasteiger partial charge in [-0.05, 0) is 60.4 Å². The van der Waals surface area contributed by atoms with E-state index in [1.807, 2.05) is 27.7 Å². The first-order valence-corrected chi connectivity index (χ1v) is 11.1. The van der Waals surface area contributed by atoms with Gasteiger partial charge in [-0.25, -0.2) is 0 Å². The van der Waals surface area contributed by atoms with Crippen molar-refractivity contribution in [1.82, 2.24) is 4.90 Å². The number of benzene rings is 1. The predicted octanol–water partition coefficient (Wildman–Crippen LogP) is 4.13. The van der Waals surface area contributed by atoms with E-state index in [1.165, 1.54) is 25.0 Å². The monoisotopic (exact) mass is 433 g/mol. The third-order valence-electron chi connectivity index (χ3n) is 6.31. The van der Waals surface area contributed by atoms with Gasteiger partial charge >= 0.3 is 15.6 Å². The summed E-state index contributed by atoms with van der Waals surface area (Å²) in [6, 6.07) is 3.42. The van der Waals surface area contributed by atoms with Crippen LogP contribution in [0.25, 0.3) is 0 Å². The number of ketones is 1. The molecule has 9 heteroatoms. The average Bonchev–Trinajstić information content (AvgIpc) is 3.42. The number of rotatable bonds is 6. The van der Waals surface area contributed by atoms with E-state index >= 15 is 0 Å². The predicted molar refractivity (Wildman–Crippen MR) is 102 cm³/mol. The van der Waals surface area contributed by atoms with Crippen LogP contribution in [0, 0.1) is 11.8 Å². The fraction of sp³-hybridized carbons (Fsp3) is 0.650. The molecule has 1 unspecified atom stereocenters. The van der Waals surface area contributed by atoms with Crippen molar-refractivity contribution in [2.45, 2.75) is 57.5 Å². The maximum atomic E-state index is 13.3. The van der Waals surface area contributed by atoms with Crippen molar-refractivity contribution in [2.24, 2.45) is 11.8 Å². The molecular formula is C20H26F3NO4S. The molecule has 0 aliphatic heterocycles. The van der Waals surface area contributed by atoms with Gasteiger partial charge in [-0.1, -0.05) is 27.7 Å². The number of nitrogens with zero attached hydrogens (tertiary/aromatic N) is 1. The molecule has 0 saturated heterocycles. The van der Waals surface area contributed by atoms with Gasteiger partial charge in [0.1, 0.15) is 5.75 Å². The highest BCUT2D eigenvalue weighted by Gasteiger charge is 2.50. The number of hydrogen-bond donors (Lipinski definition) is 0. The van der Waals surface area contributed by atoms with E-state index in [9.17, 15) is 26.4 Å². The third-order valence-corrected chi connectivity index (χ3v) is 7.29. The molecule has 162 valence electrons. The Balaban J connectivity index is 1.98. The van der Waals surface area contributed by atoms with Crippen LogP contribution in [0.1, 0.15) is 56.5 Å². The maximum absolute atomic E-state index is 13.3. The van der Waals surface area contributed by atoms with Gasteiger partial charge in [-0.15, -0.1) is 0 Å². The molecule has 1 saturated carbocycles. The van der Waals surface area contributed by atoms with Crippen molar-refractivity contribution < 1.29 is 30.6 Å². The molecule has 1 aromatic carbocycles. The minimum Gasteiger partial charge on any atom is -0.376 e. The zero-order chi connectivity index (χ0) is 21.8. The smallest absolute Gasteiger partial charge is 0.376 e. The number of halogens is 3. The average molecular weight is 433 g/mol. The lowest BCUT2D eigenvalue weighted by Gasteiger charge is -2.46. The summed E-state index contributed by atoms with van der Waals surface area (Å²) >= 11 is 0. The van der Waals surface area contributed by atoms with Crippen molar-refractivity contribution in [3.8, 4) is 5.75 Å². The summed E-state index contributed by atoms with van der Waals surface area (Å²) in [5.41, 5.74) is -5.17. The second-order valence-corrected chi connectivity index (χ2v) is 10.1. The van der Waals surface area contributed by atoms with E-state index in [0.29, 0.717) is 17.0 Å². The molecule has 0 amide bonds. The van der Waals surface area contributed by atoms with Gasteiger partial charge < -0.3 is 4.18 Å². The van der Waals surface area contributed by atoms with Crippen LogP contribution < -0.4 is 4.18 Å². The van der Waals surface area contributed by atoms with Crippen LogP contribution in [0.4, 0.5) is 13.2 Å². The summed E-state index contributed by atoms with van der Waals surface area (Å²) in [6.45, 7) is 9.40. The third kappa shape index (κ3) is 4.03. The number of likely N-dealkylation sites (N-methyl/N-ethyl adjacent to an activating group) is 1. The van der Waals surface area contributed by atoms with E-state index < -0.39 is 26.8 Å². The Morgan fingerprint density at radius 1 is 1.24 bits per heavy atom. The number of carbonyl (C=O) groups excluding carboxylic acids is 1. The number of fused-ring (bicyclic) bond motifs is 1. The van der Waals surface area contributed by atoms with Crippen LogP contribution in [0.3, 0.4) is 0 Å². The van der Waals surface area contributed by atoms with Crippen molar-refractivity contribution in [1.29, 1.82) is 0 Å². The molecule has 5 nitrogen and oxygen atoms in total. The van der Waals surface area contributed by atoms with E-state index in [-0.39, 0.29) is 17.7 Å². The zero-order valence-corrected chi connectivity index (χ0v) is 17.7. The number of alkyl halides is 3. The van der Waals surface area contributed by atoms with E-state index in [2.05, 4.69) is 9.08 Å². The Morgan fingerprint density at radius 2 is 1.86 bits per heavy atom. The van der Waals surface area contributed by atoms with Gasteiger partial charge in [-0.2, -0.15) is 21.6 Å². The first-order valence-electron chi connectivity index (χ1n) is 9.73. The number of hydrogen-bond acceptors (Lipinski definition) is 5. The highest BCUT2D eigenvalue weighted by molar-refractivity contribution is 7.88. The van der Waals surface area contributed by atoms with E-state index in [1.54, 1.807) is 0 Å². The second-order valence-electron chi connectivity index (χ2n) is 8.54. The van der Waals surface area contributed by atoms with Crippen LogP contribution in [0.15, 0.2) is 18.2 Å². The van der Waals surface area contributed by atoms with E-state index in [0.717, 1.165) is 19.2 Å². The normalized spacial score (nSPS) is 24.5. The molecular weight excluding hydrogens is 407 g/mol. The maximum Gasteiger partial charge on any atom is 0.534 e. The molecule has 29 heavy (non-hydrogen) atoms. The lowest BCUT2D eigenvalue weighted by Crippen LogP contribution is -2.55. The van der Waals surface area contributed by atoms with Crippen LogP contribution in [-0.4, -0.2) is 43.7 Å². The van der Waals surface area contributed by atoms with Gasteiger partial charge in [0.2, 0.25) is 0 Å². The van der Waals surface area contributed by atoms with Gasteiger partial charge in [0, 0.05) is 12.1 Å². The van der Waals surface area contributed by atoms with Crippen LogP contribution in [0.5, 0.6) is 5.75 Å². The fourth-order valence-electron chi connectivity index (χ4n) is 4.08. The van der Waals surface area contributed by atoms with Crippen molar-refractivity contribution >= 4 is 15.9 Å². The molecule has 0 radical (unpaired) electrons. The summed E-state index contributed by atoms with van der Waals surface area (Å²) in [5, 5.41) is 0. The fourth-order valence-corrected chi connectivity index (χ4v) is 4.53. The summed E-state index contributed by atoms with van der Waals surface area (Å²) in [5.74, 6) is -0.0315. The molecule has 2 aliphatic rings. The Bertz CT molecular complexity index is 907. The first kappa shape index (κ1) is 22.1. The van der Waals surface area contributed by atoms with Crippen molar-refractivity contribution in [3.63, 3.8) is 0 Å².